The lowest BCUT2D eigenvalue weighted by atomic mass is 10.3. The maximum absolute atomic E-state index is 12.3. The van der Waals surface area contributed by atoms with Crippen LogP contribution in [0, 0.1) is 0 Å². The topological polar surface area (TPSA) is 101 Å². The smallest absolute Gasteiger partial charge is 0.221 e. The van der Waals surface area contributed by atoms with Gasteiger partial charge in [0.25, 0.3) is 0 Å². The molecule has 1 N–H and O–H groups in total. The van der Waals surface area contributed by atoms with E-state index in [1.165, 1.54) is 0 Å². The minimum Gasteiger partial charge on any atom is -0.495 e. The third-order valence-electron chi connectivity index (χ3n) is 5.99. The molecule has 3 aromatic rings. The van der Waals surface area contributed by atoms with Gasteiger partial charge in [0.15, 0.2) is 15.0 Å². The Kier molecular flexibility index (Phi) is 8.09. The zero-order valence-corrected chi connectivity index (χ0v) is 21.5. The zero-order chi connectivity index (χ0) is 24.8. The summed E-state index contributed by atoms with van der Waals surface area (Å²) in [6.07, 6.45) is -0.0461. The molecule has 11 heteroatoms. The van der Waals surface area contributed by atoms with Crippen molar-refractivity contribution in [3.8, 4) is 11.5 Å². The number of fused-ring (bicyclic) bond motifs is 1. The number of methoxy groups -OCH3 is 2. The summed E-state index contributed by atoms with van der Waals surface area (Å²) in [5.41, 5.74) is 0.811. The number of anilines is 1. The van der Waals surface area contributed by atoms with Gasteiger partial charge in [0.1, 0.15) is 21.7 Å². The summed E-state index contributed by atoms with van der Waals surface area (Å²) in [5.74, 6) is 1.07. The maximum Gasteiger partial charge on any atom is 0.221 e. The van der Waals surface area contributed by atoms with Crippen molar-refractivity contribution in [1.82, 2.24) is 15.2 Å². The van der Waals surface area contributed by atoms with Crippen molar-refractivity contribution in [2.75, 3.05) is 64.1 Å². The fraction of sp³-hybridized carbons (Fsp3) is 0.417. The first-order valence-corrected chi connectivity index (χ1v) is 13.9. The summed E-state index contributed by atoms with van der Waals surface area (Å²) in [5, 5.41) is 3.78. The van der Waals surface area contributed by atoms with Crippen molar-refractivity contribution < 1.29 is 22.7 Å². The highest BCUT2D eigenvalue weighted by molar-refractivity contribution is 7.91. The fourth-order valence-corrected chi connectivity index (χ4v) is 6.37. The molecule has 1 aromatic heterocycles. The number of amides is 1. The number of aromatic nitrogens is 1. The van der Waals surface area contributed by atoms with E-state index < -0.39 is 9.84 Å². The number of nitrogens with one attached hydrogen (secondary N) is 1. The predicted octanol–water partition coefficient (Wildman–Crippen LogP) is 2.42. The van der Waals surface area contributed by atoms with Gasteiger partial charge < -0.3 is 19.7 Å². The molecule has 0 bridgehead atoms. The Morgan fingerprint density at radius 3 is 2.40 bits per heavy atom. The molecule has 0 radical (unpaired) electrons. The van der Waals surface area contributed by atoms with E-state index in [0.29, 0.717) is 13.1 Å². The van der Waals surface area contributed by atoms with Crippen molar-refractivity contribution >= 4 is 42.4 Å². The average molecular weight is 519 g/mol. The van der Waals surface area contributed by atoms with Crippen LogP contribution in [0.1, 0.15) is 6.42 Å². The van der Waals surface area contributed by atoms with Gasteiger partial charge in [-0.05, 0) is 24.3 Å². The van der Waals surface area contributed by atoms with Crippen molar-refractivity contribution in [3.63, 3.8) is 0 Å². The number of hydrogen-bond acceptors (Lipinski definition) is 9. The fourth-order valence-electron chi connectivity index (χ4n) is 3.99. The molecule has 35 heavy (non-hydrogen) atoms. The lowest BCUT2D eigenvalue weighted by Crippen LogP contribution is -2.48. The third kappa shape index (κ3) is 6.03. The first kappa shape index (κ1) is 25.2. The molecule has 2 heterocycles. The highest BCUT2D eigenvalue weighted by Gasteiger charge is 2.22. The van der Waals surface area contributed by atoms with Gasteiger partial charge in [0.2, 0.25) is 5.91 Å². The van der Waals surface area contributed by atoms with Crippen molar-refractivity contribution in [2.24, 2.45) is 0 Å². The van der Waals surface area contributed by atoms with Crippen molar-refractivity contribution in [1.29, 1.82) is 0 Å². The molecule has 0 unspecified atom stereocenters. The summed E-state index contributed by atoms with van der Waals surface area (Å²) >= 11 is 1.60. The van der Waals surface area contributed by atoms with E-state index in [1.54, 1.807) is 55.9 Å². The molecule has 1 fully saturated rings. The molecule has 1 aliphatic rings. The van der Waals surface area contributed by atoms with Gasteiger partial charge in [0, 0.05) is 45.7 Å². The Morgan fingerprint density at radius 2 is 1.71 bits per heavy atom. The molecule has 1 saturated heterocycles. The number of nitrogens with zero attached hydrogens (tertiary/aromatic N) is 3. The SMILES string of the molecule is COc1ccc(OC)c2sc(N3CCN(CCNC(=O)CCS(=O)(=O)c4ccccc4)CC3)nc12. The number of hydrogen-bond donors (Lipinski definition) is 1. The average Bonchev–Trinajstić information content (AvgIpc) is 3.33. The van der Waals surface area contributed by atoms with Crippen LogP contribution in [0.3, 0.4) is 0 Å². The van der Waals surface area contributed by atoms with Gasteiger partial charge in [-0.3, -0.25) is 9.69 Å². The van der Waals surface area contributed by atoms with Crippen LogP contribution in [0.15, 0.2) is 47.4 Å². The molecule has 4 rings (SSSR count). The van der Waals surface area contributed by atoms with Crippen molar-refractivity contribution in [3.05, 3.63) is 42.5 Å². The van der Waals surface area contributed by atoms with Crippen LogP contribution >= 0.6 is 11.3 Å². The Labute approximate surface area is 209 Å². The number of carbonyl (C=O) groups is 1. The Morgan fingerprint density at radius 1 is 1.03 bits per heavy atom. The lowest BCUT2D eigenvalue weighted by molar-refractivity contribution is -0.120. The van der Waals surface area contributed by atoms with E-state index >= 15 is 0 Å². The molecule has 0 aliphatic carbocycles. The molecule has 1 amide bonds. The molecule has 188 valence electrons. The second-order valence-corrected chi connectivity index (χ2v) is 11.3. The lowest BCUT2D eigenvalue weighted by Gasteiger charge is -2.34. The predicted molar refractivity (Wildman–Crippen MR) is 137 cm³/mol. The van der Waals surface area contributed by atoms with Crippen LogP contribution in [0.2, 0.25) is 0 Å². The molecule has 0 atom stereocenters. The van der Waals surface area contributed by atoms with Gasteiger partial charge in [-0.15, -0.1) is 0 Å². The zero-order valence-electron chi connectivity index (χ0n) is 19.9. The highest BCUT2D eigenvalue weighted by atomic mass is 32.2. The molecule has 9 nitrogen and oxygen atoms in total. The summed E-state index contributed by atoms with van der Waals surface area (Å²) < 4.78 is 36.6. The standard InChI is InChI=1S/C24H30N4O5S2/c1-32-19-8-9-20(33-2)23-22(19)26-24(34-23)28-15-13-27(14-16-28)12-11-25-21(29)10-17-35(30,31)18-6-4-3-5-7-18/h3-9H,10-17H2,1-2H3,(H,25,29). The van der Waals surface area contributed by atoms with Crippen LogP contribution in [0.4, 0.5) is 5.13 Å². The number of rotatable bonds is 10. The number of benzene rings is 2. The number of thiazole rings is 1. The first-order chi connectivity index (χ1) is 16.9. The van der Waals surface area contributed by atoms with Gasteiger partial charge >= 0.3 is 0 Å². The monoisotopic (exact) mass is 518 g/mol. The van der Waals surface area contributed by atoms with Crippen molar-refractivity contribution in [2.45, 2.75) is 11.3 Å². The molecule has 0 spiro atoms. The number of sulfone groups is 1. The van der Waals surface area contributed by atoms with E-state index in [-0.39, 0.29) is 23.0 Å². The van der Waals surface area contributed by atoms with Gasteiger partial charge in [-0.25, -0.2) is 13.4 Å². The van der Waals surface area contributed by atoms with E-state index in [0.717, 1.165) is 53.0 Å². The molecule has 2 aromatic carbocycles. The number of piperazine rings is 1. The largest absolute Gasteiger partial charge is 0.495 e. The van der Waals surface area contributed by atoms with Crippen LogP contribution in [-0.4, -0.2) is 83.4 Å². The molecule has 0 saturated carbocycles. The van der Waals surface area contributed by atoms with E-state index in [1.807, 2.05) is 12.1 Å². The van der Waals surface area contributed by atoms with Crippen LogP contribution in [-0.2, 0) is 14.6 Å². The number of carbonyl (C=O) groups excluding carboxylic acids is 1. The summed E-state index contributed by atoms with van der Waals surface area (Å²) in [7, 11) is -0.158. The third-order valence-corrected chi connectivity index (χ3v) is 8.85. The second-order valence-electron chi connectivity index (χ2n) is 8.20. The first-order valence-electron chi connectivity index (χ1n) is 11.4. The minimum absolute atomic E-state index is 0.0461. The molecule has 1 aliphatic heterocycles. The van der Waals surface area contributed by atoms with Gasteiger partial charge in [0.05, 0.1) is 24.9 Å². The summed E-state index contributed by atoms with van der Waals surface area (Å²) in [6, 6.07) is 12.0. The maximum atomic E-state index is 12.3. The molecular weight excluding hydrogens is 488 g/mol. The minimum atomic E-state index is -3.45. The van der Waals surface area contributed by atoms with Crippen LogP contribution < -0.4 is 19.7 Å². The quantitative estimate of drug-likeness (QED) is 0.437. The summed E-state index contributed by atoms with van der Waals surface area (Å²) in [4.78, 5) is 21.7. The van der Waals surface area contributed by atoms with Crippen LogP contribution in [0.25, 0.3) is 10.2 Å². The van der Waals surface area contributed by atoms with Gasteiger partial charge in [-0.2, -0.15) is 0 Å². The van der Waals surface area contributed by atoms with Gasteiger partial charge in [-0.1, -0.05) is 29.5 Å². The number of ether oxygens (including phenoxy) is 2. The van der Waals surface area contributed by atoms with E-state index in [4.69, 9.17) is 14.5 Å². The normalized spacial score (nSPS) is 14.7. The van der Waals surface area contributed by atoms with E-state index in [9.17, 15) is 13.2 Å². The summed E-state index contributed by atoms with van der Waals surface area (Å²) in [6.45, 7) is 4.55. The van der Waals surface area contributed by atoms with Crippen LogP contribution in [0.5, 0.6) is 11.5 Å². The highest BCUT2D eigenvalue weighted by Crippen LogP contribution is 2.40. The Balaban J connectivity index is 1.22. The Bertz CT molecular complexity index is 1210. The second kappa shape index (κ2) is 11.2. The van der Waals surface area contributed by atoms with E-state index in [2.05, 4.69) is 15.1 Å². The molecular formula is C24H30N4O5S2. The Hall–Kier alpha value is -2.89.